The van der Waals surface area contributed by atoms with Gasteiger partial charge in [0.1, 0.15) is 11.5 Å². The zero-order chi connectivity index (χ0) is 20.1. The average Bonchev–Trinajstić information content (AvgIpc) is 2.68. The number of nitrogens with zero attached hydrogens (tertiary/aromatic N) is 1. The van der Waals surface area contributed by atoms with Crippen LogP contribution in [-0.4, -0.2) is 23.8 Å². The second-order valence-electron chi connectivity index (χ2n) is 7.00. The second-order valence-corrected chi connectivity index (χ2v) is 7.00. The molecule has 0 spiro atoms. The van der Waals surface area contributed by atoms with Gasteiger partial charge in [-0.3, -0.25) is 4.79 Å². The van der Waals surface area contributed by atoms with Gasteiger partial charge in [0.05, 0.1) is 6.21 Å². The molecule has 5 heteroatoms. The van der Waals surface area contributed by atoms with Crippen LogP contribution in [0.1, 0.15) is 36.5 Å². The number of carbonyl (C=O) groups is 1. The highest BCUT2D eigenvalue weighted by molar-refractivity contribution is 6.02. The molecular weight excluding hydrogens is 352 g/mol. The summed E-state index contributed by atoms with van der Waals surface area (Å²) in [5, 5.41) is 15.9. The first-order valence-electron chi connectivity index (χ1n) is 9.21. The maximum Gasteiger partial charge on any atom is 0.277 e. The molecule has 0 heterocycles. The van der Waals surface area contributed by atoms with E-state index in [9.17, 15) is 9.90 Å². The number of aryl methyl sites for hydroxylation is 1. The number of benzene rings is 3. The predicted octanol–water partition coefficient (Wildman–Crippen LogP) is 4.51. The van der Waals surface area contributed by atoms with Gasteiger partial charge in [-0.25, -0.2) is 5.43 Å². The van der Waals surface area contributed by atoms with E-state index in [0.717, 1.165) is 21.9 Å². The summed E-state index contributed by atoms with van der Waals surface area (Å²) in [6, 6.07) is 17.1. The number of hydrogen-bond acceptors (Lipinski definition) is 4. The lowest BCUT2D eigenvalue weighted by Gasteiger charge is -2.14. The Hall–Kier alpha value is -3.34. The van der Waals surface area contributed by atoms with Gasteiger partial charge in [0.25, 0.3) is 5.91 Å². The van der Waals surface area contributed by atoms with Crippen LogP contribution in [0.2, 0.25) is 0 Å². The minimum absolute atomic E-state index is 0.106. The molecule has 0 radical (unpaired) electrons. The van der Waals surface area contributed by atoms with Gasteiger partial charge in [0.15, 0.2) is 6.61 Å². The minimum Gasteiger partial charge on any atom is -0.507 e. The van der Waals surface area contributed by atoms with Crippen LogP contribution in [0.3, 0.4) is 0 Å². The molecule has 0 bridgehead atoms. The van der Waals surface area contributed by atoms with Gasteiger partial charge >= 0.3 is 0 Å². The van der Waals surface area contributed by atoms with Crippen molar-refractivity contribution in [3.05, 3.63) is 71.3 Å². The number of hydrazone groups is 1. The second kappa shape index (κ2) is 8.57. The molecule has 0 aliphatic rings. The van der Waals surface area contributed by atoms with Gasteiger partial charge in [-0.15, -0.1) is 0 Å². The Morgan fingerprint density at radius 1 is 1.18 bits per heavy atom. The van der Waals surface area contributed by atoms with Crippen LogP contribution >= 0.6 is 0 Å². The molecule has 0 aliphatic heterocycles. The van der Waals surface area contributed by atoms with Crippen LogP contribution in [0, 0.1) is 6.92 Å². The van der Waals surface area contributed by atoms with Crippen LogP contribution in [-0.2, 0) is 4.79 Å². The number of ether oxygens (including phenoxy) is 1. The summed E-state index contributed by atoms with van der Waals surface area (Å²) in [5.41, 5.74) is 5.14. The molecule has 144 valence electrons. The molecule has 3 aromatic carbocycles. The van der Waals surface area contributed by atoms with E-state index in [0.29, 0.717) is 17.2 Å². The molecule has 0 unspecified atom stereocenters. The van der Waals surface area contributed by atoms with Crippen molar-refractivity contribution < 1.29 is 14.6 Å². The van der Waals surface area contributed by atoms with E-state index in [2.05, 4.69) is 24.4 Å². The molecule has 3 aromatic rings. The summed E-state index contributed by atoms with van der Waals surface area (Å²) in [4.78, 5) is 12.1. The molecule has 2 N–H and O–H groups in total. The number of rotatable bonds is 6. The summed E-state index contributed by atoms with van der Waals surface area (Å²) in [6.45, 7) is 6.01. The van der Waals surface area contributed by atoms with Gasteiger partial charge in [0.2, 0.25) is 0 Å². The van der Waals surface area contributed by atoms with Crippen LogP contribution in [0.15, 0.2) is 59.7 Å². The van der Waals surface area contributed by atoms with Gasteiger partial charge in [-0.05, 0) is 46.9 Å². The largest absolute Gasteiger partial charge is 0.507 e. The van der Waals surface area contributed by atoms with E-state index in [1.54, 1.807) is 6.07 Å². The van der Waals surface area contributed by atoms with E-state index in [4.69, 9.17) is 4.74 Å². The number of carbonyl (C=O) groups excluding carboxylic acids is 1. The Labute approximate surface area is 164 Å². The molecule has 0 fully saturated rings. The molecule has 0 aliphatic carbocycles. The standard InChI is InChI=1S/C23H24N2O3/c1-15(2)18-10-8-16(3)12-22(18)28-14-23(27)25-24-13-20-19-7-5-4-6-17(19)9-11-21(20)26/h4-13,15,26H,14H2,1-3H3,(H,25,27)/b24-13-. The number of hydrogen-bond donors (Lipinski definition) is 2. The van der Waals surface area contributed by atoms with Crippen molar-refractivity contribution in [3.63, 3.8) is 0 Å². The van der Waals surface area contributed by atoms with E-state index < -0.39 is 0 Å². The summed E-state index contributed by atoms with van der Waals surface area (Å²) >= 11 is 0. The lowest BCUT2D eigenvalue weighted by Crippen LogP contribution is -2.25. The first-order valence-corrected chi connectivity index (χ1v) is 9.21. The van der Waals surface area contributed by atoms with Crippen molar-refractivity contribution in [1.82, 2.24) is 5.43 Å². The maximum absolute atomic E-state index is 12.1. The maximum atomic E-state index is 12.1. The van der Waals surface area contributed by atoms with Crippen molar-refractivity contribution in [2.75, 3.05) is 6.61 Å². The number of fused-ring (bicyclic) bond motifs is 1. The third kappa shape index (κ3) is 4.49. The highest BCUT2D eigenvalue weighted by Gasteiger charge is 2.10. The van der Waals surface area contributed by atoms with E-state index >= 15 is 0 Å². The lowest BCUT2D eigenvalue weighted by molar-refractivity contribution is -0.123. The smallest absolute Gasteiger partial charge is 0.277 e. The fourth-order valence-corrected chi connectivity index (χ4v) is 3.01. The van der Waals surface area contributed by atoms with Crippen molar-refractivity contribution in [2.45, 2.75) is 26.7 Å². The third-order valence-corrected chi connectivity index (χ3v) is 4.48. The SMILES string of the molecule is Cc1ccc(C(C)C)c(OCC(=O)N/N=C\c2c(O)ccc3ccccc23)c1. The van der Waals surface area contributed by atoms with Crippen molar-refractivity contribution in [1.29, 1.82) is 0 Å². The zero-order valence-corrected chi connectivity index (χ0v) is 16.3. The van der Waals surface area contributed by atoms with Crippen molar-refractivity contribution in [2.24, 2.45) is 5.10 Å². The first-order chi connectivity index (χ1) is 13.5. The molecule has 0 saturated heterocycles. The highest BCUT2D eigenvalue weighted by atomic mass is 16.5. The van der Waals surface area contributed by atoms with Gasteiger partial charge in [-0.2, -0.15) is 5.10 Å². The molecule has 0 atom stereocenters. The minimum atomic E-state index is -0.368. The summed E-state index contributed by atoms with van der Waals surface area (Å²) in [7, 11) is 0. The Morgan fingerprint density at radius 2 is 1.96 bits per heavy atom. The number of amides is 1. The number of phenols is 1. The van der Waals surface area contributed by atoms with Crippen LogP contribution in [0.4, 0.5) is 0 Å². The van der Waals surface area contributed by atoms with Crippen molar-refractivity contribution >= 4 is 22.9 Å². The van der Waals surface area contributed by atoms with Crippen LogP contribution in [0.5, 0.6) is 11.5 Å². The molecule has 1 amide bonds. The number of phenolic OH excluding ortho intramolecular Hbond substituents is 1. The van der Waals surface area contributed by atoms with Crippen LogP contribution in [0.25, 0.3) is 10.8 Å². The quantitative estimate of drug-likeness (QED) is 0.491. The fourth-order valence-electron chi connectivity index (χ4n) is 3.01. The lowest BCUT2D eigenvalue weighted by atomic mass is 10.0. The molecule has 5 nitrogen and oxygen atoms in total. The summed E-state index contributed by atoms with van der Waals surface area (Å²) in [6.07, 6.45) is 1.45. The van der Waals surface area contributed by atoms with Crippen molar-refractivity contribution in [3.8, 4) is 11.5 Å². The van der Waals surface area contributed by atoms with E-state index in [1.807, 2.05) is 55.5 Å². The fraction of sp³-hybridized carbons (Fsp3) is 0.217. The third-order valence-electron chi connectivity index (χ3n) is 4.48. The zero-order valence-electron chi connectivity index (χ0n) is 16.3. The Morgan fingerprint density at radius 3 is 2.75 bits per heavy atom. The van der Waals surface area contributed by atoms with Gasteiger partial charge in [0, 0.05) is 5.56 Å². The Kier molecular flexibility index (Phi) is 5.94. The monoisotopic (exact) mass is 376 g/mol. The predicted molar refractivity (Wildman–Crippen MR) is 112 cm³/mol. The molecular formula is C23H24N2O3. The molecule has 0 saturated carbocycles. The van der Waals surface area contributed by atoms with Crippen LogP contribution < -0.4 is 10.2 Å². The number of aromatic hydroxyl groups is 1. The molecule has 0 aromatic heterocycles. The summed E-state index contributed by atoms with van der Waals surface area (Å²) in [5.74, 6) is 0.744. The Bertz CT molecular complexity index is 1030. The highest BCUT2D eigenvalue weighted by Crippen LogP contribution is 2.27. The molecule has 3 rings (SSSR count). The Balaban J connectivity index is 1.66. The average molecular weight is 376 g/mol. The first kappa shape index (κ1) is 19.4. The van der Waals surface area contributed by atoms with Gasteiger partial charge in [-0.1, -0.05) is 56.3 Å². The van der Waals surface area contributed by atoms with Gasteiger partial charge < -0.3 is 9.84 Å². The van der Waals surface area contributed by atoms with E-state index in [-0.39, 0.29) is 18.3 Å². The summed E-state index contributed by atoms with van der Waals surface area (Å²) < 4.78 is 5.70. The topological polar surface area (TPSA) is 70.9 Å². The molecule has 28 heavy (non-hydrogen) atoms. The van der Waals surface area contributed by atoms with E-state index in [1.165, 1.54) is 6.21 Å². The normalized spacial score (nSPS) is 11.3. The number of nitrogens with one attached hydrogen (secondary N) is 1.